The number of benzene rings is 1. The molecule has 0 N–H and O–H groups in total. The summed E-state index contributed by atoms with van der Waals surface area (Å²) in [6, 6.07) is 6.47. The van der Waals surface area contributed by atoms with Gasteiger partial charge in [0.1, 0.15) is 5.75 Å². The largest absolute Gasteiger partial charge is 0.493 e. The van der Waals surface area contributed by atoms with Gasteiger partial charge in [0.25, 0.3) is 0 Å². The predicted molar refractivity (Wildman–Crippen MR) is 79.9 cm³/mol. The predicted octanol–water partition coefficient (Wildman–Crippen LogP) is 5.15. The van der Waals surface area contributed by atoms with Crippen LogP contribution in [0.25, 0.3) is 0 Å². The highest BCUT2D eigenvalue weighted by molar-refractivity contribution is 6.17. The van der Waals surface area contributed by atoms with E-state index in [0.717, 1.165) is 31.1 Å². The van der Waals surface area contributed by atoms with Crippen molar-refractivity contribution in [2.24, 2.45) is 5.92 Å². The fourth-order valence-electron chi connectivity index (χ4n) is 1.94. The minimum absolute atomic E-state index is 0.501. The van der Waals surface area contributed by atoms with Gasteiger partial charge in [0.15, 0.2) is 0 Å². The third-order valence-electron chi connectivity index (χ3n) is 3.26. The van der Waals surface area contributed by atoms with Gasteiger partial charge >= 0.3 is 0 Å². The van der Waals surface area contributed by atoms with Gasteiger partial charge in [-0.1, -0.05) is 32.9 Å². The Bertz CT molecular complexity index is 360. The van der Waals surface area contributed by atoms with E-state index in [1.165, 1.54) is 11.1 Å². The lowest BCUT2D eigenvalue weighted by Gasteiger charge is -2.16. The van der Waals surface area contributed by atoms with Gasteiger partial charge in [0.2, 0.25) is 0 Å². The number of hydrogen-bond acceptors (Lipinski definition) is 1. The van der Waals surface area contributed by atoms with E-state index in [9.17, 15) is 0 Å². The van der Waals surface area contributed by atoms with Crippen LogP contribution in [-0.2, 0) is 0 Å². The van der Waals surface area contributed by atoms with Crippen molar-refractivity contribution in [2.45, 2.75) is 46.5 Å². The molecule has 0 aliphatic heterocycles. The minimum atomic E-state index is 0.501. The number of aryl methyl sites for hydroxylation is 1. The van der Waals surface area contributed by atoms with Crippen LogP contribution in [0.4, 0.5) is 0 Å². The van der Waals surface area contributed by atoms with E-state index in [1.807, 2.05) is 0 Å². The van der Waals surface area contributed by atoms with Gasteiger partial charge in [0.05, 0.1) is 6.61 Å². The summed E-state index contributed by atoms with van der Waals surface area (Å²) in [6.07, 6.45) is 2.13. The van der Waals surface area contributed by atoms with Crippen molar-refractivity contribution in [3.63, 3.8) is 0 Å². The lowest BCUT2D eigenvalue weighted by Crippen LogP contribution is -2.06. The van der Waals surface area contributed by atoms with Crippen molar-refractivity contribution in [1.29, 1.82) is 0 Å². The molecule has 1 aromatic carbocycles. The average Bonchev–Trinajstić information content (AvgIpc) is 2.29. The van der Waals surface area contributed by atoms with Crippen LogP contribution in [0, 0.1) is 12.8 Å². The Hall–Kier alpha value is -0.690. The summed E-state index contributed by atoms with van der Waals surface area (Å²) >= 11 is 5.74. The van der Waals surface area contributed by atoms with E-state index < -0.39 is 0 Å². The van der Waals surface area contributed by atoms with E-state index in [2.05, 4.69) is 45.9 Å². The van der Waals surface area contributed by atoms with Crippen LogP contribution in [0.1, 0.15) is 50.7 Å². The van der Waals surface area contributed by atoms with E-state index in [0.29, 0.717) is 11.8 Å². The highest BCUT2D eigenvalue weighted by atomic mass is 35.5. The van der Waals surface area contributed by atoms with Crippen molar-refractivity contribution >= 4 is 11.6 Å². The molecular weight excluding hydrogens is 244 g/mol. The Balaban J connectivity index is 2.58. The molecule has 1 rings (SSSR count). The molecule has 0 saturated heterocycles. The summed E-state index contributed by atoms with van der Waals surface area (Å²) in [7, 11) is 0. The van der Waals surface area contributed by atoms with Crippen molar-refractivity contribution < 1.29 is 4.74 Å². The second-order valence-electron chi connectivity index (χ2n) is 5.42. The number of alkyl halides is 1. The van der Waals surface area contributed by atoms with Crippen LogP contribution >= 0.6 is 11.6 Å². The molecule has 0 aromatic heterocycles. The normalized spacial score (nSPS) is 12.8. The molecule has 0 bridgehead atoms. The Kier molecular flexibility index (Phi) is 6.56. The van der Waals surface area contributed by atoms with Crippen LogP contribution in [0.2, 0.25) is 0 Å². The van der Waals surface area contributed by atoms with Crippen LogP contribution in [0.15, 0.2) is 18.2 Å². The van der Waals surface area contributed by atoms with Gasteiger partial charge in [-0.15, -0.1) is 11.6 Å². The monoisotopic (exact) mass is 268 g/mol. The summed E-state index contributed by atoms with van der Waals surface area (Å²) in [4.78, 5) is 0. The molecule has 1 aromatic rings. The lowest BCUT2D eigenvalue weighted by atomic mass is 10.0. The number of rotatable bonds is 7. The van der Waals surface area contributed by atoms with E-state index >= 15 is 0 Å². The highest BCUT2D eigenvalue weighted by Crippen LogP contribution is 2.27. The van der Waals surface area contributed by atoms with Crippen molar-refractivity contribution in [1.82, 2.24) is 0 Å². The molecule has 1 atom stereocenters. The molecule has 0 saturated carbocycles. The Morgan fingerprint density at radius 1 is 1.17 bits per heavy atom. The van der Waals surface area contributed by atoms with Crippen molar-refractivity contribution in [2.75, 3.05) is 12.5 Å². The molecule has 0 heterocycles. The Labute approximate surface area is 116 Å². The van der Waals surface area contributed by atoms with Crippen LogP contribution < -0.4 is 4.74 Å². The summed E-state index contributed by atoms with van der Waals surface area (Å²) in [6.45, 7) is 9.51. The molecule has 0 spiro atoms. The van der Waals surface area contributed by atoms with Crippen LogP contribution in [0.3, 0.4) is 0 Å². The molecule has 2 heteroatoms. The van der Waals surface area contributed by atoms with Gasteiger partial charge in [0, 0.05) is 5.88 Å². The minimum Gasteiger partial charge on any atom is -0.493 e. The third-order valence-corrected chi connectivity index (χ3v) is 3.48. The SMILES string of the molecule is Cc1ccc(C(C)C)c(OCCC(C)CCCl)c1. The molecule has 0 amide bonds. The summed E-state index contributed by atoms with van der Waals surface area (Å²) < 4.78 is 5.95. The van der Waals surface area contributed by atoms with E-state index in [1.54, 1.807) is 0 Å². The van der Waals surface area contributed by atoms with Gasteiger partial charge in [-0.05, 0) is 48.8 Å². The summed E-state index contributed by atoms with van der Waals surface area (Å²) in [5, 5.41) is 0. The average molecular weight is 269 g/mol. The zero-order valence-electron chi connectivity index (χ0n) is 12.0. The fourth-order valence-corrected chi connectivity index (χ4v) is 2.32. The molecule has 1 nitrogen and oxygen atoms in total. The molecule has 102 valence electrons. The van der Waals surface area contributed by atoms with Crippen LogP contribution in [-0.4, -0.2) is 12.5 Å². The number of hydrogen-bond donors (Lipinski definition) is 0. The first-order chi connectivity index (χ1) is 8.54. The topological polar surface area (TPSA) is 9.23 Å². The molecule has 0 radical (unpaired) electrons. The Morgan fingerprint density at radius 2 is 1.89 bits per heavy atom. The summed E-state index contributed by atoms with van der Waals surface area (Å²) in [5.41, 5.74) is 2.55. The second kappa shape index (κ2) is 7.68. The van der Waals surface area contributed by atoms with E-state index in [-0.39, 0.29) is 0 Å². The molecule has 18 heavy (non-hydrogen) atoms. The zero-order chi connectivity index (χ0) is 13.5. The maximum Gasteiger partial charge on any atom is 0.122 e. The Morgan fingerprint density at radius 3 is 2.50 bits per heavy atom. The zero-order valence-corrected chi connectivity index (χ0v) is 12.8. The lowest BCUT2D eigenvalue weighted by molar-refractivity contribution is 0.278. The fraction of sp³-hybridized carbons (Fsp3) is 0.625. The third kappa shape index (κ3) is 4.89. The molecule has 0 aliphatic carbocycles. The van der Waals surface area contributed by atoms with Gasteiger partial charge in [-0.2, -0.15) is 0 Å². The van der Waals surface area contributed by atoms with Crippen molar-refractivity contribution in [3.05, 3.63) is 29.3 Å². The maximum atomic E-state index is 5.95. The smallest absolute Gasteiger partial charge is 0.122 e. The highest BCUT2D eigenvalue weighted by Gasteiger charge is 2.09. The quantitative estimate of drug-likeness (QED) is 0.621. The van der Waals surface area contributed by atoms with E-state index in [4.69, 9.17) is 16.3 Å². The second-order valence-corrected chi connectivity index (χ2v) is 5.79. The molecule has 0 aliphatic rings. The first kappa shape index (κ1) is 15.4. The maximum absolute atomic E-state index is 5.95. The first-order valence-corrected chi connectivity index (χ1v) is 7.37. The number of ether oxygens (including phenoxy) is 1. The number of halogens is 1. The summed E-state index contributed by atoms with van der Waals surface area (Å²) in [5.74, 6) is 2.92. The van der Waals surface area contributed by atoms with Gasteiger partial charge in [-0.3, -0.25) is 0 Å². The molecule has 0 fully saturated rings. The van der Waals surface area contributed by atoms with Gasteiger partial charge in [-0.25, -0.2) is 0 Å². The molecule has 1 unspecified atom stereocenters. The molecular formula is C16H25ClO. The first-order valence-electron chi connectivity index (χ1n) is 6.84. The van der Waals surface area contributed by atoms with Gasteiger partial charge < -0.3 is 4.74 Å². The van der Waals surface area contributed by atoms with Crippen molar-refractivity contribution in [3.8, 4) is 5.75 Å². The standard InChI is InChI=1S/C16H25ClO/c1-12(2)15-6-5-14(4)11-16(15)18-10-8-13(3)7-9-17/h5-6,11-13H,7-10H2,1-4H3. The van der Waals surface area contributed by atoms with Crippen LogP contribution in [0.5, 0.6) is 5.75 Å².